The van der Waals surface area contributed by atoms with Crippen LogP contribution in [-0.4, -0.2) is 53.4 Å². The first-order valence-corrected chi connectivity index (χ1v) is 10.3. The van der Waals surface area contributed by atoms with Crippen molar-refractivity contribution in [2.75, 3.05) is 38.1 Å². The van der Waals surface area contributed by atoms with E-state index in [-0.39, 0.29) is 16.8 Å². The molecule has 0 unspecified atom stereocenters. The maximum Gasteiger partial charge on any atom is 0.254 e. The fraction of sp³-hybridized carbons (Fsp3) is 0.364. The number of nitrogens with zero attached hydrogens (tertiary/aromatic N) is 3. The summed E-state index contributed by atoms with van der Waals surface area (Å²) in [6, 6.07) is 4.73. The van der Waals surface area contributed by atoms with E-state index in [0.29, 0.717) is 39.1 Å². The number of aromatic amines is 1. The van der Waals surface area contributed by atoms with Gasteiger partial charge in [-0.3, -0.25) is 14.5 Å². The highest BCUT2D eigenvalue weighted by Gasteiger charge is 2.24. The van der Waals surface area contributed by atoms with Crippen LogP contribution in [0.15, 0.2) is 35.4 Å². The number of hydrogen-bond donors (Lipinski definition) is 2. The highest BCUT2D eigenvalue weighted by Crippen LogP contribution is 2.26. The van der Waals surface area contributed by atoms with Crippen molar-refractivity contribution in [2.24, 2.45) is 0 Å². The molecule has 3 heterocycles. The second kappa shape index (κ2) is 8.50. The van der Waals surface area contributed by atoms with Gasteiger partial charge in [-0.2, -0.15) is 0 Å². The van der Waals surface area contributed by atoms with Gasteiger partial charge >= 0.3 is 0 Å². The van der Waals surface area contributed by atoms with Crippen molar-refractivity contribution in [2.45, 2.75) is 19.9 Å². The van der Waals surface area contributed by atoms with E-state index in [2.05, 4.69) is 15.2 Å². The lowest BCUT2D eigenvalue weighted by molar-refractivity contribution is 0.0958. The number of anilines is 1. The number of nitrogens with one attached hydrogen (secondary N) is 2. The molecule has 7 nitrogen and oxygen atoms in total. The van der Waals surface area contributed by atoms with E-state index in [4.69, 9.17) is 0 Å². The number of carbonyl (C=O) groups is 1. The monoisotopic (exact) mass is 429 g/mol. The lowest BCUT2D eigenvalue weighted by Gasteiger charge is -2.36. The van der Waals surface area contributed by atoms with Gasteiger partial charge < -0.3 is 19.6 Å². The molecule has 164 valence electrons. The molecule has 1 amide bonds. The van der Waals surface area contributed by atoms with Gasteiger partial charge in [0, 0.05) is 57.7 Å². The van der Waals surface area contributed by atoms with E-state index in [1.54, 1.807) is 4.90 Å². The van der Waals surface area contributed by atoms with Crippen LogP contribution in [0.4, 0.5) is 14.5 Å². The first-order chi connectivity index (χ1) is 14.9. The lowest BCUT2D eigenvalue weighted by Crippen LogP contribution is -2.46. The second-order valence-corrected chi connectivity index (χ2v) is 7.71. The van der Waals surface area contributed by atoms with Crippen molar-refractivity contribution in [3.05, 3.63) is 69.3 Å². The number of halogens is 2. The third-order valence-corrected chi connectivity index (χ3v) is 5.77. The number of piperazine rings is 1. The molecule has 3 aromatic rings. The smallest absolute Gasteiger partial charge is 0.254 e. The van der Waals surface area contributed by atoms with Crippen molar-refractivity contribution in [1.29, 1.82) is 0 Å². The van der Waals surface area contributed by atoms with Crippen LogP contribution in [0.2, 0.25) is 0 Å². The van der Waals surface area contributed by atoms with Crippen LogP contribution < -0.4 is 15.8 Å². The molecule has 1 aromatic carbocycles. The fourth-order valence-corrected chi connectivity index (χ4v) is 4.00. The third-order valence-electron chi connectivity index (χ3n) is 5.77. The van der Waals surface area contributed by atoms with Crippen molar-refractivity contribution >= 4 is 17.2 Å². The minimum absolute atomic E-state index is 0.0649. The third kappa shape index (κ3) is 4.05. The molecule has 9 heteroatoms. The highest BCUT2D eigenvalue weighted by atomic mass is 19.2. The number of H-pyrrole nitrogens is 1. The molecule has 4 rings (SSSR count). The van der Waals surface area contributed by atoms with E-state index in [1.165, 1.54) is 19.2 Å². The summed E-state index contributed by atoms with van der Waals surface area (Å²) in [5.74, 6) is -2.77. The summed E-state index contributed by atoms with van der Waals surface area (Å²) in [6.07, 6.45) is 4.53. The van der Waals surface area contributed by atoms with Crippen LogP contribution in [0.5, 0.6) is 0 Å². The Bertz CT molecular complexity index is 1180. The molecule has 2 aromatic heterocycles. The Morgan fingerprint density at radius 2 is 1.87 bits per heavy atom. The van der Waals surface area contributed by atoms with Crippen LogP contribution in [0.3, 0.4) is 0 Å². The summed E-state index contributed by atoms with van der Waals surface area (Å²) in [5, 5.41) is 2.31. The normalized spacial score (nSPS) is 14.9. The van der Waals surface area contributed by atoms with Gasteiger partial charge in [-0.25, -0.2) is 8.78 Å². The number of aryl methyl sites for hydroxylation is 1. The Labute approximate surface area is 178 Å². The summed E-state index contributed by atoms with van der Waals surface area (Å²) < 4.78 is 30.8. The maximum atomic E-state index is 14.6. The Hall–Kier alpha value is -3.20. The zero-order valence-corrected chi connectivity index (χ0v) is 17.5. The Morgan fingerprint density at radius 1 is 1.13 bits per heavy atom. The van der Waals surface area contributed by atoms with E-state index < -0.39 is 17.5 Å². The van der Waals surface area contributed by atoms with Crippen molar-refractivity contribution < 1.29 is 13.6 Å². The van der Waals surface area contributed by atoms with Gasteiger partial charge in [-0.05, 0) is 30.2 Å². The predicted molar refractivity (Wildman–Crippen MR) is 115 cm³/mol. The Morgan fingerprint density at radius 3 is 2.55 bits per heavy atom. The van der Waals surface area contributed by atoms with Gasteiger partial charge in [0.1, 0.15) is 5.65 Å². The maximum absolute atomic E-state index is 14.6. The van der Waals surface area contributed by atoms with Crippen LogP contribution in [0, 0.1) is 11.6 Å². The predicted octanol–water partition coefficient (Wildman–Crippen LogP) is 2.15. The van der Waals surface area contributed by atoms with Crippen molar-refractivity contribution in [1.82, 2.24) is 19.6 Å². The number of rotatable bonds is 5. The Kier molecular flexibility index (Phi) is 5.77. The summed E-state index contributed by atoms with van der Waals surface area (Å²) in [7, 11) is 1.38. The van der Waals surface area contributed by atoms with E-state index in [0.717, 1.165) is 16.8 Å². The van der Waals surface area contributed by atoms with Crippen LogP contribution >= 0.6 is 0 Å². The lowest BCUT2D eigenvalue weighted by atomic mass is 10.1. The van der Waals surface area contributed by atoms with Gasteiger partial charge in [0.15, 0.2) is 11.6 Å². The number of amides is 1. The summed E-state index contributed by atoms with van der Waals surface area (Å²) >= 11 is 0. The average molecular weight is 429 g/mol. The average Bonchev–Trinajstić information content (AvgIpc) is 3.16. The van der Waals surface area contributed by atoms with Crippen LogP contribution in [-0.2, 0) is 13.0 Å². The van der Waals surface area contributed by atoms with Gasteiger partial charge in [0.05, 0.1) is 11.3 Å². The molecule has 2 N–H and O–H groups in total. The molecule has 1 aliphatic heterocycles. The molecule has 31 heavy (non-hydrogen) atoms. The fourth-order valence-electron chi connectivity index (χ4n) is 4.00. The zero-order valence-electron chi connectivity index (χ0n) is 17.5. The minimum Gasteiger partial charge on any atom is -0.367 e. The first kappa shape index (κ1) is 21.0. The largest absolute Gasteiger partial charge is 0.367 e. The molecule has 1 saturated heterocycles. The molecular weight excluding hydrogens is 404 g/mol. The topological polar surface area (TPSA) is 72.8 Å². The number of benzene rings is 1. The molecule has 1 fully saturated rings. The first-order valence-electron chi connectivity index (χ1n) is 10.3. The number of carbonyl (C=O) groups excluding carboxylic acids is 1. The number of fused-ring (bicyclic) bond motifs is 1. The quantitative estimate of drug-likeness (QED) is 0.652. The summed E-state index contributed by atoms with van der Waals surface area (Å²) in [6.45, 7) is 5.09. The van der Waals surface area contributed by atoms with Gasteiger partial charge in [0.2, 0.25) is 0 Å². The van der Waals surface area contributed by atoms with E-state index in [1.807, 2.05) is 29.8 Å². The van der Waals surface area contributed by atoms with Gasteiger partial charge in [-0.15, -0.1) is 0 Å². The van der Waals surface area contributed by atoms with Gasteiger partial charge in [0.25, 0.3) is 11.5 Å². The highest BCUT2D eigenvalue weighted by molar-refractivity contribution is 5.94. The molecule has 0 atom stereocenters. The molecular formula is C22H25F2N5O2. The Balaban J connectivity index is 1.43. The summed E-state index contributed by atoms with van der Waals surface area (Å²) in [5.41, 5.74) is 2.37. The molecule has 0 saturated carbocycles. The van der Waals surface area contributed by atoms with E-state index in [9.17, 15) is 18.4 Å². The van der Waals surface area contributed by atoms with Crippen molar-refractivity contribution in [3.8, 4) is 0 Å². The zero-order chi connectivity index (χ0) is 22.1. The van der Waals surface area contributed by atoms with Crippen LogP contribution in [0.1, 0.15) is 28.4 Å². The molecule has 1 aliphatic rings. The molecule has 0 bridgehead atoms. The van der Waals surface area contributed by atoms with Crippen LogP contribution in [0.25, 0.3) is 5.65 Å². The van der Waals surface area contributed by atoms with Gasteiger partial charge in [-0.1, -0.05) is 6.92 Å². The van der Waals surface area contributed by atoms with E-state index >= 15 is 0 Å². The number of aromatic nitrogens is 2. The van der Waals surface area contributed by atoms with Crippen molar-refractivity contribution in [3.63, 3.8) is 0 Å². The molecule has 0 spiro atoms. The number of hydrogen-bond acceptors (Lipinski definition) is 4. The molecule has 0 radical (unpaired) electrons. The minimum atomic E-state index is -1.12. The second-order valence-electron chi connectivity index (χ2n) is 7.71. The summed E-state index contributed by atoms with van der Waals surface area (Å²) in [4.78, 5) is 30.6. The molecule has 0 aliphatic carbocycles. The standard InChI is InChI=1S/C22H25F2N5O2/c1-3-15-13-29-12-14(10-18(29)26-21(15)30)11-27-6-8-28(9-7-27)17-5-4-16(22(31)25-2)19(23)20(17)24/h4-5,10,12-13H,3,6-9,11H2,1-2H3,(H,25,31)(H,26,30). The SMILES string of the molecule is CCc1cn2cc(CN3CCN(c4ccc(C(=O)NC)c(F)c4F)CC3)cc2[nH]c1=O.